The molecule has 3 rings (SSSR count). The number of carbonyl (C=O) groups excluding carboxylic acids is 2. The fraction of sp³-hybridized carbons (Fsp3) is 0.263. The van der Waals surface area contributed by atoms with Gasteiger partial charge in [0.2, 0.25) is 11.8 Å². The van der Waals surface area contributed by atoms with Crippen molar-refractivity contribution in [3.8, 4) is 0 Å². The van der Waals surface area contributed by atoms with Gasteiger partial charge in [0.1, 0.15) is 5.82 Å². The van der Waals surface area contributed by atoms with E-state index in [4.69, 9.17) is 11.6 Å². The number of hydrogen-bond acceptors (Lipinski definition) is 3. The molecule has 1 saturated heterocycles. The van der Waals surface area contributed by atoms with Crippen molar-refractivity contribution in [1.29, 1.82) is 0 Å². The molecule has 0 radical (unpaired) electrons. The fourth-order valence-electron chi connectivity index (χ4n) is 2.99. The van der Waals surface area contributed by atoms with Crippen LogP contribution in [0.3, 0.4) is 0 Å². The Morgan fingerprint density at radius 2 is 1.88 bits per heavy atom. The van der Waals surface area contributed by atoms with Crippen LogP contribution < -0.4 is 0 Å². The molecular formula is C19H18ClFN2O2. The molecule has 2 amide bonds. The van der Waals surface area contributed by atoms with Gasteiger partial charge in [-0.25, -0.2) is 4.39 Å². The largest absolute Gasteiger partial charge is 0.290 e. The van der Waals surface area contributed by atoms with Gasteiger partial charge in [-0.3, -0.25) is 19.4 Å². The maximum atomic E-state index is 14.0. The smallest absolute Gasteiger partial charge is 0.247 e. The maximum absolute atomic E-state index is 14.0. The zero-order valence-electron chi connectivity index (χ0n) is 13.8. The third-order valence-corrected chi connectivity index (χ3v) is 4.76. The molecule has 4 nitrogen and oxygen atoms in total. The highest BCUT2D eigenvalue weighted by atomic mass is 35.5. The molecule has 1 heterocycles. The van der Waals surface area contributed by atoms with Crippen molar-refractivity contribution in [2.24, 2.45) is 0 Å². The van der Waals surface area contributed by atoms with E-state index in [9.17, 15) is 14.0 Å². The van der Waals surface area contributed by atoms with E-state index in [-0.39, 0.29) is 31.3 Å². The van der Waals surface area contributed by atoms with Crippen LogP contribution in [0.4, 0.5) is 4.39 Å². The van der Waals surface area contributed by atoms with Gasteiger partial charge >= 0.3 is 0 Å². The van der Waals surface area contributed by atoms with Crippen LogP contribution >= 0.6 is 11.6 Å². The summed E-state index contributed by atoms with van der Waals surface area (Å²) < 4.78 is 14.0. The molecule has 1 atom stereocenters. The molecule has 0 bridgehead atoms. The maximum Gasteiger partial charge on any atom is 0.247 e. The van der Waals surface area contributed by atoms with Crippen molar-refractivity contribution >= 4 is 23.4 Å². The van der Waals surface area contributed by atoms with E-state index < -0.39 is 11.9 Å². The quantitative estimate of drug-likeness (QED) is 0.769. The van der Waals surface area contributed by atoms with Gasteiger partial charge in [0.15, 0.2) is 0 Å². The number of rotatable bonds is 5. The van der Waals surface area contributed by atoms with Gasteiger partial charge in [0.05, 0.1) is 19.0 Å². The molecule has 2 aromatic carbocycles. The summed E-state index contributed by atoms with van der Waals surface area (Å²) in [5, 5.41) is 0.310. The highest BCUT2D eigenvalue weighted by Gasteiger charge is 2.40. The molecule has 1 fully saturated rings. The number of amides is 2. The Balaban J connectivity index is 1.73. The molecule has 130 valence electrons. The molecule has 6 heteroatoms. The van der Waals surface area contributed by atoms with Gasteiger partial charge in [0, 0.05) is 17.1 Å². The van der Waals surface area contributed by atoms with Crippen LogP contribution in [0.25, 0.3) is 0 Å². The summed E-state index contributed by atoms with van der Waals surface area (Å²) in [6.45, 7) is 0.414. The Morgan fingerprint density at radius 3 is 2.56 bits per heavy atom. The standard InChI is InChI=1S/C19H18ClFN2O2/c1-22(12-14-15(20)8-5-9-16(14)21)17-10-18(24)23(19(17)25)11-13-6-3-2-4-7-13/h2-9,17H,10-12H2,1H3. The molecule has 0 saturated carbocycles. The fourth-order valence-corrected chi connectivity index (χ4v) is 3.21. The summed E-state index contributed by atoms with van der Waals surface area (Å²) in [6.07, 6.45) is 0.0915. The minimum absolute atomic E-state index is 0.0915. The lowest BCUT2D eigenvalue weighted by molar-refractivity contribution is -0.140. The van der Waals surface area contributed by atoms with Crippen LogP contribution in [0.1, 0.15) is 17.5 Å². The Kier molecular flexibility index (Phi) is 5.16. The van der Waals surface area contributed by atoms with Crippen molar-refractivity contribution in [1.82, 2.24) is 9.80 Å². The predicted octanol–water partition coefficient (Wildman–Crippen LogP) is 3.24. The van der Waals surface area contributed by atoms with E-state index >= 15 is 0 Å². The molecule has 1 unspecified atom stereocenters. The predicted molar refractivity (Wildman–Crippen MR) is 93.3 cm³/mol. The minimum atomic E-state index is -0.605. The number of nitrogens with zero attached hydrogens (tertiary/aromatic N) is 2. The van der Waals surface area contributed by atoms with E-state index in [1.54, 1.807) is 18.0 Å². The van der Waals surface area contributed by atoms with Gasteiger partial charge < -0.3 is 0 Å². The highest BCUT2D eigenvalue weighted by molar-refractivity contribution is 6.31. The number of benzene rings is 2. The van der Waals surface area contributed by atoms with E-state index in [1.165, 1.54) is 17.0 Å². The van der Waals surface area contributed by atoms with Gasteiger partial charge in [-0.15, -0.1) is 0 Å². The zero-order chi connectivity index (χ0) is 18.0. The summed E-state index contributed by atoms with van der Waals surface area (Å²) in [6, 6.07) is 13.2. The molecule has 1 aliphatic rings. The van der Waals surface area contributed by atoms with Gasteiger partial charge in [-0.05, 0) is 24.7 Å². The number of likely N-dealkylation sites (tertiary alicyclic amines) is 1. The van der Waals surface area contributed by atoms with Crippen LogP contribution in [0.2, 0.25) is 5.02 Å². The number of carbonyl (C=O) groups is 2. The topological polar surface area (TPSA) is 40.6 Å². The Hall–Kier alpha value is -2.24. The number of hydrogen-bond donors (Lipinski definition) is 0. The van der Waals surface area contributed by atoms with Crippen LogP contribution in [0, 0.1) is 5.82 Å². The first kappa shape index (κ1) is 17.6. The first-order chi connectivity index (χ1) is 12.0. The zero-order valence-corrected chi connectivity index (χ0v) is 14.5. The van der Waals surface area contributed by atoms with E-state index in [1.807, 2.05) is 30.3 Å². The van der Waals surface area contributed by atoms with Crippen LogP contribution in [0.15, 0.2) is 48.5 Å². The normalized spacial score (nSPS) is 17.6. The molecule has 0 N–H and O–H groups in total. The van der Waals surface area contributed by atoms with Crippen molar-refractivity contribution < 1.29 is 14.0 Å². The third-order valence-electron chi connectivity index (χ3n) is 4.40. The number of halogens is 2. The van der Waals surface area contributed by atoms with Crippen LogP contribution in [-0.2, 0) is 22.7 Å². The number of imide groups is 1. The molecular weight excluding hydrogens is 343 g/mol. The van der Waals surface area contributed by atoms with Crippen molar-refractivity contribution in [3.63, 3.8) is 0 Å². The van der Waals surface area contributed by atoms with Gasteiger partial charge in [0.25, 0.3) is 0 Å². The van der Waals surface area contributed by atoms with E-state index in [0.717, 1.165) is 5.56 Å². The summed E-state index contributed by atoms with van der Waals surface area (Å²) >= 11 is 6.05. The SMILES string of the molecule is CN(Cc1c(F)cccc1Cl)C1CC(=O)N(Cc2ccccc2)C1=O. The lowest BCUT2D eigenvalue weighted by Crippen LogP contribution is -2.39. The Morgan fingerprint density at radius 1 is 1.16 bits per heavy atom. The second kappa shape index (κ2) is 7.33. The summed E-state index contributed by atoms with van der Waals surface area (Å²) in [4.78, 5) is 27.9. The molecule has 1 aliphatic heterocycles. The summed E-state index contributed by atoms with van der Waals surface area (Å²) in [5.74, 6) is -0.897. The van der Waals surface area contributed by atoms with Crippen LogP contribution in [0.5, 0.6) is 0 Å². The minimum Gasteiger partial charge on any atom is -0.290 e. The Bertz CT molecular complexity index is 777. The third kappa shape index (κ3) is 3.72. The molecule has 2 aromatic rings. The van der Waals surface area contributed by atoms with Gasteiger partial charge in [-0.1, -0.05) is 48.0 Å². The average molecular weight is 361 g/mol. The molecule has 0 spiro atoms. The average Bonchev–Trinajstić information content (AvgIpc) is 2.87. The van der Waals surface area contributed by atoms with Crippen molar-refractivity contribution in [3.05, 3.63) is 70.5 Å². The van der Waals surface area contributed by atoms with Gasteiger partial charge in [-0.2, -0.15) is 0 Å². The second-order valence-electron chi connectivity index (χ2n) is 6.14. The lowest BCUT2D eigenvalue weighted by Gasteiger charge is -2.23. The first-order valence-corrected chi connectivity index (χ1v) is 8.36. The first-order valence-electron chi connectivity index (χ1n) is 7.98. The Labute approximate surface area is 150 Å². The summed E-state index contributed by atoms with van der Waals surface area (Å²) in [5.41, 5.74) is 1.22. The highest BCUT2D eigenvalue weighted by Crippen LogP contribution is 2.25. The van der Waals surface area contributed by atoms with Crippen molar-refractivity contribution in [2.75, 3.05) is 7.05 Å². The second-order valence-corrected chi connectivity index (χ2v) is 6.55. The van der Waals surface area contributed by atoms with E-state index in [2.05, 4.69) is 0 Å². The van der Waals surface area contributed by atoms with Crippen LogP contribution in [-0.4, -0.2) is 34.7 Å². The number of likely N-dealkylation sites (N-methyl/N-ethyl adjacent to an activating group) is 1. The lowest BCUT2D eigenvalue weighted by atomic mass is 10.1. The summed E-state index contributed by atoms with van der Waals surface area (Å²) in [7, 11) is 1.70. The molecule has 0 aromatic heterocycles. The monoisotopic (exact) mass is 360 g/mol. The molecule has 0 aliphatic carbocycles. The van der Waals surface area contributed by atoms with Crippen molar-refractivity contribution in [2.45, 2.75) is 25.6 Å². The van der Waals surface area contributed by atoms with E-state index in [0.29, 0.717) is 10.6 Å². The molecule has 25 heavy (non-hydrogen) atoms.